The Labute approximate surface area is 181 Å². The highest BCUT2D eigenvalue weighted by atomic mass is 28.3. The van der Waals surface area contributed by atoms with Gasteiger partial charge in [-0.3, -0.25) is 4.79 Å². The number of amides is 1. The van der Waals surface area contributed by atoms with Gasteiger partial charge in [0.15, 0.2) is 0 Å². The van der Waals surface area contributed by atoms with Crippen molar-refractivity contribution in [2.75, 3.05) is 4.90 Å². The lowest BCUT2D eigenvalue weighted by Gasteiger charge is -2.42. The maximum absolute atomic E-state index is 13.0. The lowest BCUT2D eigenvalue weighted by Crippen LogP contribution is -2.49. The molecular weight excluding hydrogens is 389 g/mol. The molecule has 30 heavy (non-hydrogen) atoms. The number of carbonyl (C=O) groups excluding carboxylic acids is 1. The molecule has 4 nitrogen and oxygen atoms in total. The molecule has 2 atom stereocenters. The second-order valence-corrected chi connectivity index (χ2v) is 16.2. The van der Waals surface area contributed by atoms with Crippen molar-refractivity contribution in [2.45, 2.75) is 83.3 Å². The quantitative estimate of drug-likeness (QED) is 0.629. The molecule has 0 spiro atoms. The van der Waals surface area contributed by atoms with E-state index in [1.54, 1.807) is 0 Å². The number of hydrogen-bond acceptors (Lipinski definition) is 3. The SMILES string of the molecule is CC1(C)OB(C2=C([Si](C)(C)C)[C@H]3c4ccccc4N4C(=O)CCC(=C2)[C@@H]34)OC1(C)C. The van der Waals surface area contributed by atoms with Gasteiger partial charge in [-0.15, -0.1) is 0 Å². The molecule has 158 valence electrons. The standard InChI is InChI=1S/C24H32BNO3Si/c1-23(2)24(3,4)29-25(28-23)17-14-15-12-13-19(27)26-18-11-9-8-10-16(18)20(21(15)26)22(17)30(5,6)7/h8-11,14,20-21H,12-13H2,1-7H3/t20-,21-/m0/s1. The summed E-state index contributed by atoms with van der Waals surface area (Å²) in [5, 5.41) is 1.47. The van der Waals surface area contributed by atoms with Crippen molar-refractivity contribution in [3.8, 4) is 0 Å². The van der Waals surface area contributed by atoms with Gasteiger partial charge in [-0.1, -0.05) is 49.1 Å². The first-order chi connectivity index (χ1) is 13.9. The zero-order valence-electron chi connectivity index (χ0n) is 19.2. The Morgan fingerprint density at radius 1 is 1.03 bits per heavy atom. The van der Waals surface area contributed by atoms with Crippen molar-refractivity contribution < 1.29 is 14.1 Å². The van der Waals surface area contributed by atoms with Crippen molar-refractivity contribution in [1.82, 2.24) is 0 Å². The second kappa shape index (κ2) is 6.21. The summed E-state index contributed by atoms with van der Waals surface area (Å²) in [6.07, 6.45) is 3.73. The summed E-state index contributed by atoms with van der Waals surface area (Å²) in [6, 6.07) is 8.61. The molecule has 1 aliphatic carbocycles. The summed E-state index contributed by atoms with van der Waals surface area (Å²) in [5.74, 6) is 0.465. The van der Waals surface area contributed by atoms with E-state index in [0.29, 0.717) is 6.42 Å². The molecule has 3 heterocycles. The van der Waals surface area contributed by atoms with Crippen LogP contribution in [0.25, 0.3) is 0 Å². The van der Waals surface area contributed by atoms with E-state index in [9.17, 15) is 4.79 Å². The number of rotatable bonds is 2. The predicted molar refractivity (Wildman–Crippen MR) is 124 cm³/mol. The van der Waals surface area contributed by atoms with Gasteiger partial charge in [-0.05, 0) is 56.8 Å². The van der Waals surface area contributed by atoms with Crippen molar-refractivity contribution in [3.63, 3.8) is 0 Å². The molecular formula is C24H32BNO3Si. The molecule has 0 saturated carbocycles. The zero-order valence-corrected chi connectivity index (χ0v) is 20.2. The van der Waals surface area contributed by atoms with E-state index in [1.165, 1.54) is 21.8 Å². The van der Waals surface area contributed by atoms with Crippen LogP contribution in [0.2, 0.25) is 19.6 Å². The number of benzene rings is 1. The van der Waals surface area contributed by atoms with E-state index >= 15 is 0 Å². The molecule has 2 fully saturated rings. The molecule has 1 aromatic carbocycles. The smallest absolute Gasteiger partial charge is 0.399 e. The largest absolute Gasteiger partial charge is 0.494 e. The Hall–Kier alpha value is -1.63. The van der Waals surface area contributed by atoms with Gasteiger partial charge in [0.1, 0.15) is 0 Å². The molecule has 1 amide bonds. The molecule has 4 aliphatic rings. The van der Waals surface area contributed by atoms with Crippen molar-refractivity contribution >= 4 is 26.8 Å². The van der Waals surface area contributed by atoms with E-state index in [0.717, 1.165) is 12.1 Å². The third-order valence-electron chi connectivity index (χ3n) is 7.68. The summed E-state index contributed by atoms with van der Waals surface area (Å²) in [6.45, 7) is 15.7. The number of para-hydroxylation sites is 1. The molecule has 1 aromatic rings. The van der Waals surface area contributed by atoms with Crippen LogP contribution in [-0.2, 0) is 14.1 Å². The summed E-state index contributed by atoms with van der Waals surface area (Å²) in [4.78, 5) is 15.1. The topological polar surface area (TPSA) is 38.8 Å². The number of anilines is 1. The fourth-order valence-electron chi connectivity index (χ4n) is 5.62. The van der Waals surface area contributed by atoms with Crippen LogP contribution in [0.15, 0.2) is 46.6 Å². The number of carbonyl (C=O) groups is 1. The van der Waals surface area contributed by atoms with Crippen LogP contribution in [-0.4, -0.2) is 38.3 Å². The average Bonchev–Trinajstić information content (AvgIpc) is 3.09. The Kier molecular flexibility index (Phi) is 4.20. The number of piperidine rings is 1. The molecule has 0 unspecified atom stereocenters. The number of nitrogens with zero attached hydrogens (tertiary/aromatic N) is 1. The average molecular weight is 421 g/mol. The fourth-order valence-corrected chi connectivity index (χ4v) is 7.92. The summed E-state index contributed by atoms with van der Waals surface area (Å²) < 4.78 is 13.1. The van der Waals surface area contributed by atoms with Gasteiger partial charge in [0.2, 0.25) is 5.91 Å². The first-order valence-corrected chi connectivity index (χ1v) is 14.6. The van der Waals surface area contributed by atoms with E-state index in [-0.39, 0.29) is 36.2 Å². The summed E-state index contributed by atoms with van der Waals surface area (Å²) >= 11 is 0. The fraction of sp³-hybridized carbons (Fsp3) is 0.542. The highest BCUT2D eigenvalue weighted by Crippen LogP contribution is 2.56. The number of hydrogen-bond donors (Lipinski definition) is 0. The summed E-state index contributed by atoms with van der Waals surface area (Å²) in [5.41, 5.74) is 4.21. The van der Waals surface area contributed by atoms with Crippen LogP contribution in [0.3, 0.4) is 0 Å². The predicted octanol–water partition coefficient (Wildman–Crippen LogP) is 5.02. The van der Waals surface area contributed by atoms with Gasteiger partial charge in [0.25, 0.3) is 0 Å². The van der Waals surface area contributed by atoms with E-state index in [1.807, 2.05) is 0 Å². The van der Waals surface area contributed by atoms with Crippen molar-refractivity contribution in [2.24, 2.45) is 0 Å². The van der Waals surface area contributed by atoms with Crippen LogP contribution < -0.4 is 4.90 Å². The minimum Gasteiger partial charge on any atom is -0.399 e. The summed E-state index contributed by atoms with van der Waals surface area (Å²) in [7, 11) is -2.12. The van der Waals surface area contributed by atoms with Gasteiger partial charge < -0.3 is 14.2 Å². The first kappa shape index (κ1) is 20.3. The zero-order chi connectivity index (χ0) is 21.6. The Balaban J connectivity index is 1.73. The minimum atomic E-state index is -1.77. The normalized spacial score (nSPS) is 29.2. The maximum atomic E-state index is 13.0. The van der Waals surface area contributed by atoms with Crippen LogP contribution >= 0.6 is 0 Å². The number of allylic oxidation sites excluding steroid dienone is 2. The van der Waals surface area contributed by atoms with Gasteiger partial charge in [0.05, 0.1) is 25.3 Å². The monoisotopic (exact) mass is 421 g/mol. The van der Waals surface area contributed by atoms with Crippen LogP contribution in [0.5, 0.6) is 0 Å². The maximum Gasteiger partial charge on any atom is 0.494 e. The minimum absolute atomic E-state index is 0.122. The van der Waals surface area contributed by atoms with E-state index in [4.69, 9.17) is 9.31 Å². The molecule has 6 heteroatoms. The third-order valence-corrected chi connectivity index (χ3v) is 9.90. The van der Waals surface area contributed by atoms with Gasteiger partial charge in [-0.25, -0.2) is 0 Å². The van der Waals surface area contributed by atoms with Crippen molar-refractivity contribution in [1.29, 1.82) is 0 Å². The Morgan fingerprint density at radius 2 is 1.67 bits per heavy atom. The lowest BCUT2D eigenvalue weighted by molar-refractivity contribution is -0.119. The second-order valence-electron chi connectivity index (χ2n) is 11.2. The lowest BCUT2D eigenvalue weighted by atomic mass is 9.68. The van der Waals surface area contributed by atoms with Gasteiger partial charge >= 0.3 is 7.12 Å². The van der Waals surface area contributed by atoms with Gasteiger partial charge in [-0.2, -0.15) is 0 Å². The van der Waals surface area contributed by atoms with Gasteiger partial charge in [0, 0.05) is 18.0 Å². The van der Waals surface area contributed by atoms with Crippen molar-refractivity contribution in [3.05, 3.63) is 52.1 Å². The first-order valence-electron chi connectivity index (χ1n) is 11.1. The molecule has 0 radical (unpaired) electrons. The van der Waals surface area contributed by atoms with Crippen LogP contribution in [0, 0.1) is 0 Å². The van der Waals surface area contributed by atoms with E-state index < -0.39 is 8.07 Å². The molecule has 3 aliphatic heterocycles. The Bertz CT molecular complexity index is 988. The van der Waals surface area contributed by atoms with Crippen LogP contribution in [0.1, 0.15) is 52.0 Å². The number of fused-ring (bicyclic) bond motifs is 3. The van der Waals surface area contributed by atoms with E-state index in [2.05, 4.69) is 82.6 Å². The molecule has 0 bridgehead atoms. The molecule has 2 saturated heterocycles. The molecule has 5 rings (SSSR count). The molecule has 0 aromatic heterocycles. The highest BCUT2D eigenvalue weighted by Gasteiger charge is 2.57. The highest BCUT2D eigenvalue weighted by molar-refractivity contribution is 6.85. The molecule has 0 N–H and O–H groups in total. The third kappa shape index (κ3) is 2.69. The van der Waals surface area contributed by atoms with Crippen LogP contribution in [0.4, 0.5) is 5.69 Å². The Morgan fingerprint density at radius 3 is 2.30 bits per heavy atom.